The van der Waals surface area contributed by atoms with Gasteiger partial charge in [0, 0.05) is 38.1 Å². The Kier molecular flexibility index (Phi) is 4.34. The lowest BCUT2D eigenvalue weighted by Crippen LogP contribution is -2.19. The van der Waals surface area contributed by atoms with Crippen LogP contribution < -0.4 is 10.6 Å². The molecule has 4 heteroatoms. The van der Waals surface area contributed by atoms with E-state index in [1.54, 1.807) is 7.11 Å². The first-order valence-electron chi connectivity index (χ1n) is 6.23. The van der Waals surface area contributed by atoms with E-state index in [1.165, 1.54) is 12.8 Å². The van der Waals surface area contributed by atoms with Gasteiger partial charge in [-0.3, -0.25) is 4.98 Å². The second-order valence-electron chi connectivity index (χ2n) is 4.62. The van der Waals surface area contributed by atoms with Crippen LogP contribution in [0.5, 0.6) is 0 Å². The van der Waals surface area contributed by atoms with Gasteiger partial charge in [0.1, 0.15) is 0 Å². The van der Waals surface area contributed by atoms with Crippen LogP contribution in [0.2, 0.25) is 0 Å². The zero-order chi connectivity index (χ0) is 12.1. The molecule has 0 spiro atoms. The number of rotatable bonds is 7. The van der Waals surface area contributed by atoms with Crippen LogP contribution in [0, 0.1) is 0 Å². The number of hydrogen-bond acceptors (Lipinski definition) is 4. The van der Waals surface area contributed by atoms with Crippen molar-refractivity contribution in [3.05, 3.63) is 24.0 Å². The zero-order valence-corrected chi connectivity index (χ0v) is 10.6. The van der Waals surface area contributed by atoms with E-state index in [1.807, 2.05) is 19.2 Å². The molecule has 17 heavy (non-hydrogen) atoms. The SMILES string of the molecule is COC(C)CNc1ccnc(CNC2CC2)c1. The van der Waals surface area contributed by atoms with Crippen LogP contribution in [0.25, 0.3) is 0 Å². The van der Waals surface area contributed by atoms with Crippen molar-refractivity contribution in [1.29, 1.82) is 0 Å². The number of pyridine rings is 1. The zero-order valence-electron chi connectivity index (χ0n) is 10.6. The van der Waals surface area contributed by atoms with Gasteiger partial charge in [-0.2, -0.15) is 0 Å². The topological polar surface area (TPSA) is 46.2 Å². The summed E-state index contributed by atoms with van der Waals surface area (Å²) in [6.07, 6.45) is 4.69. The highest BCUT2D eigenvalue weighted by Gasteiger charge is 2.20. The highest BCUT2D eigenvalue weighted by Crippen LogP contribution is 2.19. The fourth-order valence-electron chi connectivity index (χ4n) is 1.57. The molecule has 1 aliphatic rings. The molecule has 2 rings (SSSR count). The molecule has 0 saturated heterocycles. The van der Waals surface area contributed by atoms with E-state index in [9.17, 15) is 0 Å². The number of aromatic nitrogens is 1. The maximum absolute atomic E-state index is 5.20. The van der Waals surface area contributed by atoms with Gasteiger partial charge in [-0.25, -0.2) is 0 Å². The van der Waals surface area contributed by atoms with E-state index in [0.717, 1.165) is 30.5 Å². The van der Waals surface area contributed by atoms with Crippen LogP contribution in [-0.4, -0.2) is 30.8 Å². The maximum Gasteiger partial charge on any atom is 0.0715 e. The maximum atomic E-state index is 5.20. The Balaban J connectivity index is 1.82. The minimum atomic E-state index is 0.219. The Labute approximate surface area is 103 Å². The van der Waals surface area contributed by atoms with Crippen molar-refractivity contribution in [2.75, 3.05) is 19.0 Å². The lowest BCUT2D eigenvalue weighted by atomic mass is 10.3. The second kappa shape index (κ2) is 5.98. The molecule has 0 amide bonds. The van der Waals surface area contributed by atoms with Crippen molar-refractivity contribution in [1.82, 2.24) is 10.3 Å². The van der Waals surface area contributed by atoms with E-state index in [-0.39, 0.29) is 6.10 Å². The molecule has 1 unspecified atom stereocenters. The average molecular weight is 235 g/mol. The number of nitrogens with zero attached hydrogens (tertiary/aromatic N) is 1. The summed E-state index contributed by atoms with van der Waals surface area (Å²) in [4.78, 5) is 4.35. The van der Waals surface area contributed by atoms with Crippen LogP contribution in [0.4, 0.5) is 5.69 Å². The van der Waals surface area contributed by atoms with Crippen LogP contribution >= 0.6 is 0 Å². The van der Waals surface area contributed by atoms with Gasteiger partial charge in [0.25, 0.3) is 0 Å². The molecule has 2 N–H and O–H groups in total. The molecule has 0 aromatic carbocycles. The summed E-state index contributed by atoms with van der Waals surface area (Å²) in [5.74, 6) is 0. The molecule has 94 valence electrons. The highest BCUT2D eigenvalue weighted by molar-refractivity contribution is 5.43. The minimum absolute atomic E-state index is 0.219. The molecule has 1 aromatic heterocycles. The first-order chi connectivity index (χ1) is 8.28. The average Bonchev–Trinajstić information content (AvgIpc) is 3.18. The van der Waals surface area contributed by atoms with Crippen molar-refractivity contribution in [3.63, 3.8) is 0 Å². The lowest BCUT2D eigenvalue weighted by molar-refractivity contribution is 0.129. The Bertz CT molecular complexity index is 352. The fraction of sp³-hybridized carbons (Fsp3) is 0.615. The molecule has 1 saturated carbocycles. The van der Waals surface area contributed by atoms with Gasteiger partial charge in [0.15, 0.2) is 0 Å². The van der Waals surface area contributed by atoms with E-state index < -0.39 is 0 Å². The Morgan fingerprint density at radius 1 is 1.53 bits per heavy atom. The summed E-state index contributed by atoms with van der Waals surface area (Å²) in [7, 11) is 1.73. The molecule has 1 aromatic rings. The summed E-state index contributed by atoms with van der Waals surface area (Å²) in [5.41, 5.74) is 2.20. The van der Waals surface area contributed by atoms with Crippen LogP contribution in [-0.2, 0) is 11.3 Å². The standard InChI is InChI=1S/C13H21N3O/c1-10(17-2)8-15-12-5-6-14-13(7-12)9-16-11-3-4-11/h5-7,10-11,16H,3-4,8-9H2,1-2H3,(H,14,15). The van der Waals surface area contributed by atoms with E-state index in [2.05, 4.69) is 21.7 Å². The number of hydrogen-bond donors (Lipinski definition) is 2. The highest BCUT2D eigenvalue weighted by atomic mass is 16.5. The van der Waals surface area contributed by atoms with Crippen LogP contribution in [0.15, 0.2) is 18.3 Å². The fourth-order valence-corrected chi connectivity index (χ4v) is 1.57. The molecule has 0 aliphatic heterocycles. The normalized spacial score (nSPS) is 16.8. The largest absolute Gasteiger partial charge is 0.382 e. The number of ether oxygens (including phenoxy) is 1. The third kappa shape index (κ3) is 4.32. The Morgan fingerprint density at radius 3 is 3.06 bits per heavy atom. The monoisotopic (exact) mass is 235 g/mol. The molecule has 1 heterocycles. The Hall–Kier alpha value is -1.13. The summed E-state index contributed by atoms with van der Waals surface area (Å²) >= 11 is 0. The molecular weight excluding hydrogens is 214 g/mol. The van der Waals surface area contributed by atoms with Crippen molar-refractivity contribution in [2.45, 2.75) is 38.5 Å². The smallest absolute Gasteiger partial charge is 0.0715 e. The van der Waals surface area contributed by atoms with Gasteiger partial charge in [-0.1, -0.05) is 0 Å². The van der Waals surface area contributed by atoms with Crippen molar-refractivity contribution in [2.24, 2.45) is 0 Å². The summed E-state index contributed by atoms with van der Waals surface area (Å²) < 4.78 is 5.20. The van der Waals surface area contributed by atoms with Gasteiger partial charge in [0.05, 0.1) is 11.8 Å². The minimum Gasteiger partial charge on any atom is -0.382 e. The molecule has 0 radical (unpaired) electrons. The third-order valence-corrected chi connectivity index (χ3v) is 2.96. The van der Waals surface area contributed by atoms with E-state index in [4.69, 9.17) is 4.74 Å². The van der Waals surface area contributed by atoms with Crippen molar-refractivity contribution < 1.29 is 4.74 Å². The predicted molar refractivity (Wildman–Crippen MR) is 69.1 cm³/mol. The third-order valence-electron chi connectivity index (χ3n) is 2.96. The molecular formula is C13H21N3O. The lowest BCUT2D eigenvalue weighted by Gasteiger charge is -2.12. The first-order valence-corrected chi connectivity index (χ1v) is 6.23. The molecule has 1 aliphatic carbocycles. The van der Waals surface area contributed by atoms with E-state index >= 15 is 0 Å². The van der Waals surface area contributed by atoms with Crippen molar-refractivity contribution in [3.8, 4) is 0 Å². The second-order valence-corrected chi connectivity index (χ2v) is 4.62. The first kappa shape index (κ1) is 12.3. The summed E-state index contributed by atoms with van der Waals surface area (Å²) in [6.45, 7) is 3.72. The number of methoxy groups -OCH3 is 1. The van der Waals surface area contributed by atoms with Gasteiger partial charge in [-0.05, 0) is 31.9 Å². The van der Waals surface area contributed by atoms with Gasteiger partial charge in [0.2, 0.25) is 0 Å². The van der Waals surface area contributed by atoms with E-state index in [0.29, 0.717) is 0 Å². The molecule has 0 bridgehead atoms. The number of anilines is 1. The predicted octanol–water partition coefficient (Wildman–Crippen LogP) is 1.78. The van der Waals surface area contributed by atoms with Crippen LogP contribution in [0.1, 0.15) is 25.5 Å². The van der Waals surface area contributed by atoms with Crippen LogP contribution in [0.3, 0.4) is 0 Å². The van der Waals surface area contributed by atoms with Gasteiger partial charge in [-0.15, -0.1) is 0 Å². The van der Waals surface area contributed by atoms with Gasteiger partial charge < -0.3 is 15.4 Å². The summed E-state index contributed by atoms with van der Waals surface area (Å²) in [6, 6.07) is 4.81. The molecule has 1 atom stereocenters. The Morgan fingerprint density at radius 2 is 2.35 bits per heavy atom. The quantitative estimate of drug-likeness (QED) is 0.756. The van der Waals surface area contributed by atoms with Crippen molar-refractivity contribution >= 4 is 5.69 Å². The molecule has 1 fully saturated rings. The van der Waals surface area contributed by atoms with Gasteiger partial charge >= 0.3 is 0 Å². The summed E-state index contributed by atoms with van der Waals surface area (Å²) in [5, 5.41) is 6.81. The molecule has 4 nitrogen and oxygen atoms in total. The number of nitrogens with one attached hydrogen (secondary N) is 2.